The summed E-state index contributed by atoms with van der Waals surface area (Å²) >= 11 is 0. The Labute approximate surface area is 73.5 Å². The largest absolute Gasteiger partial charge is 0.303 e. The van der Waals surface area contributed by atoms with Crippen LogP contribution in [-0.4, -0.2) is 6.29 Å². The van der Waals surface area contributed by atoms with Crippen LogP contribution >= 0.6 is 0 Å². The first-order chi connectivity index (χ1) is 5.79. The Morgan fingerprint density at radius 2 is 2.00 bits per heavy atom. The van der Waals surface area contributed by atoms with Crippen LogP contribution in [0, 0.1) is 16.7 Å². The second-order valence-electron chi connectivity index (χ2n) is 5.30. The molecule has 66 valence electrons. The lowest BCUT2D eigenvalue weighted by molar-refractivity contribution is -0.121. The highest BCUT2D eigenvalue weighted by atomic mass is 16.1. The van der Waals surface area contributed by atoms with Crippen LogP contribution in [-0.2, 0) is 4.79 Å². The van der Waals surface area contributed by atoms with E-state index in [1.807, 2.05) is 0 Å². The van der Waals surface area contributed by atoms with Crippen molar-refractivity contribution in [1.29, 1.82) is 0 Å². The van der Waals surface area contributed by atoms with E-state index in [0.717, 1.165) is 11.3 Å². The summed E-state index contributed by atoms with van der Waals surface area (Å²) in [6.07, 6.45) is 10.5. The molecular weight excluding hydrogens is 148 g/mol. The molecule has 12 heavy (non-hydrogen) atoms. The van der Waals surface area contributed by atoms with Gasteiger partial charge in [0.1, 0.15) is 6.29 Å². The molecule has 1 unspecified atom stereocenters. The molecule has 1 heteroatoms. The van der Waals surface area contributed by atoms with Gasteiger partial charge in [0.15, 0.2) is 0 Å². The van der Waals surface area contributed by atoms with Gasteiger partial charge in [-0.2, -0.15) is 0 Å². The smallest absolute Gasteiger partial charge is 0.126 e. The maximum atomic E-state index is 10.9. The van der Waals surface area contributed by atoms with Crippen molar-refractivity contribution < 1.29 is 4.79 Å². The summed E-state index contributed by atoms with van der Waals surface area (Å²) in [6.45, 7) is 0. The molecule has 0 bridgehead atoms. The summed E-state index contributed by atoms with van der Waals surface area (Å²) in [6, 6.07) is 0. The lowest BCUT2D eigenvalue weighted by Crippen LogP contribution is -2.31. The monoisotopic (exact) mass is 164 g/mol. The minimum Gasteiger partial charge on any atom is -0.303 e. The van der Waals surface area contributed by atoms with Gasteiger partial charge < -0.3 is 4.79 Å². The number of hydrogen-bond acceptors (Lipinski definition) is 1. The van der Waals surface area contributed by atoms with E-state index in [-0.39, 0.29) is 5.41 Å². The summed E-state index contributed by atoms with van der Waals surface area (Å²) in [5.74, 6) is 0.947. The fraction of sp³-hybridized carbons (Fsp3) is 0.909. The summed E-state index contributed by atoms with van der Waals surface area (Å²) in [4.78, 5) is 10.9. The predicted octanol–water partition coefficient (Wildman–Crippen LogP) is 2.55. The van der Waals surface area contributed by atoms with Crippen molar-refractivity contribution in [1.82, 2.24) is 0 Å². The molecule has 0 aromatic carbocycles. The molecule has 0 aromatic heterocycles. The average molecular weight is 164 g/mol. The minimum atomic E-state index is 0.163. The van der Waals surface area contributed by atoms with Crippen LogP contribution in [0.25, 0.3) is 0 Å². The van der Waals surface area contributed by atoms with Gasteiger partial charge in [-0.3, -0.25) is 0 Å². The van der Waals surface area contributed by atoms with Crippen LogP contribution in [0.2, 0.25) is 0 Å². The maximum absolute atomic E-state index is 10.9. The van der Waals surface area contributed by atoms with Crippen molar-refractivity contribution in [2.75, 3.05) is 0 Å². The molecule has 0 radical (unpaired) electrons. The highest BCUT2D eigenvalue weighted by Crippen LogP contribution is 2.73. The van der Waals surface area contributed by atoms with Crippen LogP contribution < -0.4 is 0 Å². The zero-order valence-corrected chi connectivity index (χ0v) is 7.51. The van der Waals surface area contributed by atoms with Gasteiger partial charge in [0.2, 0.25) is 0 Å². The average Bonchev–Trinajstić information content (AvgIpc) is 2.87. The van der Waals surface area contributed by atoms with E-state index >= 15 is 0 Å². The molecule has 3 aliphatic carbocycles. The zero-order valence-electron chi connectivity index (χ0n) is 7.51. The van der Waals surface area contributed by atoms with Crippen molar-refractivity contribution in [2.45, 2.75) is 44.9 Å². The highest BCUT2D eigenvalue weighted by molar-refractivity contribution is 5.61. The van der Waals surface area contributed by atoms with Gasteiger partial charge in [0, 0.05) is 5.41 Å². The van der Waals surface area contributed by atoms with Crippen molar-refractivity contribution in [3.63, 3.8) is 0 Å². The Morgan fingerprint density at radius 1 is 1.25 bits per heavy atom. The van der Waals surface area contributed by atoms with Gasteiger partial charge >= 0.3 is 0 Å². The Balaban J connectivity index is 1.63. The Kier molecular flexibility index (Phi) is 1.15. The first-order valence-electron chi connectivity index (χ1n) is 5.25. The third kappa shape index (κ3) is 0.826. The van der Waals surface area contributed by atoms with E-state index in [9.17, 15) is 4.79 Å². The maximum Gasteiger partial charge on any atom is 0.126 e. The zero-order chi connectivity index (χ0) is 8.23. The van der Waals surface area contributed by atoms with Gasteiger partial charge in [0.25, 0.3) is 0 Å². The third-order valence-corrected chi connectivity index (χ3v) is 4.50. The van der Waals surface area contributed by atoms with Crippen molar-refractivity contribution >= 4 is 6.29 Å². The molecule has 3 fully saturated rings. The Hall–Kier alpha value is -0.330. The predicted molar refractivity (Wildman–Crippen MR) is 46.7 cm³/mol. The van der Waals surface area contributed by atoms with E-state index < -0.39 is 0 Å². The van der Waals surface area contributed by atoms with Crippen molar-refractivity contribution in [2.24, 2.45) is 16.7 Å². The molecule has 3 aliphatic rings. The molecule has 3 saturated carbocycles. The SMILES string of the molecule is O=CC1(CC2CC23CC3)CCC1. The van der Waals surface area contributed by atoms with Crippen LogP contribution in [0.1, 0.15) is 44.9 Å². The summed E-state index contributed by atoms with van der Waals surface area (Å²) in [7, 11) is 0. The van der Waals surface area contributed by atoms with E-state index in [1.54, 1.807) is 0 Å². The first kappa shape index (κ1) is 7.11. The fourth-order valence-electron chi connectivity index (χ4n) is 2.99. The molecule has 0 heterocycles. The lowest BCUT2D eigenvalue weighted by atomic mass is 9.66. The van der Waals surface area contributed by atoms with Crippen molar-refractivity contribution in [3.05, 3.63) is 0 Å². The van der Waals surface area contributed by atoms with Crippen LogP contribution in [0.3, 0.4) is 0 Å². The number of carbonyl (C=O) groups is 1. The second kappa shape index (κ2) is 1.94. The van der Waals surface area contributed by atoms with Crippen LogP contribution in [0.15, 0.2) is 0 Å². The molecule has 0 aliphatic heterocycles. The molecular formula is C11H16O. The van der Waals surface area contributed by atoms with E-state index in [2.05, 4.69) is 0 Å². The molecule has 3 rings (SSSR count). The molecule has 0 aromatic rings. The van der Waals surface area contributed by atoms with Crippen molar-refractivity contribution in [3.8, 4) is 0 Å². The number of carbonyl (C=O) groups excluding carboxylic acids is 1. The van der Waals surface area contributed by atoms with E-state index in [0.29, 0.717) is 0 Å². The summed E-state index contributed by atoms with van der Waals surface area (Å²) in [5, 5.41) is 0. The molecule has 0 amide bonds. The fourth-order valence-corrected chi connectivity index (χ4v) is 2.99. The molecule has 0 N–H and O–H groups in total. The van der Waals surface area contributed by atoms with Gasteiger partial charge in [0.05, 0.1) is 0 Å². The van der Waals surface area contributed by atoms with Crippen LogP contribution in [0.4, 0.5) is 0 Å². The van der Waals surface area contributed by atoms with Gasteiger partial charge in [-0.05, 0) is 49.9 Å². The molecule has 1 nitrogen and oxygen atoms in total. The van der Waals surface area contributed by atoms with Gasteiger partial charge in [-0.1, -0.05) is 6.42 Å². The third-order valence-electron chi connectivity index (χ3n) is 4.50. The number of aldehydes is 1. The standard InChI is InChI=1S/C11H16O/c12-8-10(2-1-3-10)6-9-7-11(9)4-5-11/h8-9H,1-7H2. The normalized spacial score (nSPS) is 38.8. The number of rotatable bonds is 3. The Morgan fingerprint density at radius 3 is 2.33 bits per heavy atom. The summed E-state index contributed by atoms with van der Waals surface area (Å²) in [5.41, 5.74) is 0.961. The molecule has 1 atom stereocenters. The molecule has 1 spiro atoms. The van der Waals surface area contributed by atoms with E-state index in [1.165, 1.54) is 51.2 Å². The quantitative estimate of drug-likeness (QED) is 0.586. The van der Waals surface area contributed by atoms with Gasteiger partial charge in [-0.25, -0.2) is 0 Å². The topological polar surface area (TPSA) is 17.1 Å². The number of hydrogen-bond donors (Lipinski definition) is 0. The highest BCUT2D eigenvalue weighted by Gasteiger charge is 2.64. The Bertz CT molecular complexity index is 223. The van der Waals surface area contributed by atoms with E-state index in [4.69, 9.17) is 0 Å². The summed E-state index contributed by atoms with van der Waals surface area (Å²) < 4.78 is 0. The minimum absolute atomic E-state index is 0.163. The lowest BCUT2D eigenvalue weighted by Gasteiger charge is -2.37. The second-order valence-corrected chi connectivity index (χ2v) is 5.30. The van der Waals surface area contributed by atoms with Crippen LogP contribution in [0.5, 0.6) is 0 Å². The first-order valence-corrected chi connectivity index (χ1v) is 5.25. The molecule has 0 saturated heterocycles. The van der Waals surface area contributed by atoms with Gasteiger partial charge in [-0.15, -0.1) is 0 Å².